The third kappa shape index (κ3) is 4.15. The number of ether oxygens (including phenoxy) is 1. The first kappa shape index (κ1) is 21.8. The van der Waals surface area contributed by atoms with Crippen LogP contribution in [-0.4, -0.2) is 34.5 Å². The molecule has 172 valence electrons. The number of rotatable bonds is 6. The Bertz CT molecular complexity index is 1380. The fraction of sp³-hybridized carbons (Fsp3) is 0.160. The fourth-order valence-electron chi connectivity index (χ4n) is 4.06. The Hall–Kier alpha value is -4.04. The molecule has 1 amide bonds. The first-order valence-electron chi connectivity index (χ1n) is 10.8. The summed E-state index contributed by atoms with van der Waals surface area (Å²) in [4.78, 5) is 25.3. The summed E-state index contributed by atoms with van der Waals surface area (Å²) in [5.74, 6) is 0.789. The molecule has 4 aromatic rings. The maximum absolute atomic E-state index is 12.8. The zero-order chi connectivity index (χ0) is 23.7. The number of hydrogen-bond acceptors (Lipinski definition) is 6. The van der Waals surface area contributed by atoms with Crippen LogP contribution < -0.4 is 20.7 Å². The lowest BCUT2D eigenvalue weighted by molar-refractivity contribution is 0.0947. The topological polar surface area (TPSA) is 104 Å². The van der Waals surface area contributed by atoms with Crippen LogP contribution >= 0.6 is 11.6 Å². The van der Waals surface area contributed by atoms with Gasteiger partial charge in [0.2, 0.25) is 5.95 Å². The number of fused-ring (bicyclic) bond motifs is 1. The standard InChI is InChI=1S/C25H23ClN6O2/c1-14-5-3-6-15(13-14)29-25-28-12-10-18(32-25)21-22(20-17(30-21)9-11-27-24(20)33)31-19-8-4-7-16(26)23(19)34-2/h3-8,10,12-13,30-31H,9,11H2,1-2H3,(H,27,33)(H,28,29,32). The van der Waals surface area contributed by atoms with Gasteiger partial charge in [-0.1, -0.05) is 29.8 Å². The Morgan fingerprint density at radius 2 is 1.97 bits per heavy atom. The molecular formula is C25H23ClN6O2. The number of carbonyl (C=O) groups excluding carboxylic acids is 1. The summed E-state index contributed by atoms with van der Waals surface area (Å²) in [7, 11) is 1.56. The van der Waals surface area contributed by atoms with Gasteiger partial charge < -0.3 is 25.7 Å². The van der Waals surface area contributed by atoms with Gasteiger partial charge in [-0.25, -0.2) is 9.97 Å². The molecule has 0 atom stereocenters. The largest absolute Gasteiger partial charge is 0.493 e. The summed E-state index contributed by atoms with van der Waals surface area (Å²) in [6.45, 7) is 2.59. The van der Waals surface area contributed by atoms with Crippen molar-refractivity contribution < 1.29 is 9.53 Å². The zero-order valence-corrected chi connectivity index (χ0v) is 19.5. The molecule has 1 aliphatic heterocycles. The summed E-state index contributed by atoms with van der Waals surface area (Å²) in [6, 6.07) is 15.2. The average molecular weight is 475 g/mol. The van der Waals surface area contributed by atoms with Gasteiger partial charge in [0.05, 0.1) is 40.5 Å². The van der Waals surface area contributed by atoms with Crippen LogP contribution in [0.2, 0.25) is 5.02 Å². The highest BCUT2D eigenvalue weighted by Crippen LogP contribution is 2.40. The van der Waals surface area contributed by atoms with Gasteiger partial charge in [-0.3, -0.25) is 4.79 Å². The number of anilines is 4. The van der Waals surface area contributed by atoms with Gasteiger partial charge >= 0.3 is 0 Å². The third-order valence-corrected chi connectivity index (χ3v) is 5.88. The van der Waals surface area contributed by atoms with Crippen molar-refractivity contribution in [2.45, 2.75) is 13.3 Å². The number of H-pyrrole nitrogens is 1. The molecule has 1 aliphatic rings. The van der Waals surface area contributed by atoms with Crippen molar-refractivity contribution >= 4 is 40.5 Å². The number of para-hydroxylation sites is 1. The molecule has 34 heavy (non-hydrogen) atoms. The van der Waals surface area contributed by atoms with E-state index in [9.17, 15) is 4.79 Å². The lowest BCUT2D eigenvalue weighted by atomic mass is 10.1. The predicted octanol–water partition coefficient (Wildman–Crippen LogP) is 5.22. The highest BCUT2D eigenvalue weighted by molar-refractivity contribution is 6.32. The molecule has 0 spiro atoms. The number of methoxy groups -OCH3 is 1. The summed E-state index contributed by atoms with van der Waals surface area (Å²) >= 11 is 6.33. The molecule has 2 aromatic carbocycles. The number of amides is 1. The van der Waals surface area contributed by atoms with Crippen LogP contribution in [0.3, 0.4) is 0 Å². The molecule has 5 rings (SSSR count). The molecular weight excluding hydrogens is 452 g/mol. The molecule has 0 unspecified atom stereocenters. The van der Waals surface area contributed by atoms with E-state index in [2.05, 4.69) is 25.9 Å². The molecule has 0 aliphatic carbocycles. The molecule has 0 saturated carbocycles. The predicted molar refractivity (Wildman–Crippen MR) is 134 cm³/mol. The Morgan fingerprint density at radius 3 is 2.79 bits per heavy atom. The van der Waals surface area contributed by atoms with Crippen molar-refractivity contribution in [2.75, 3.05) is 24.3 Å². The van der Waals surface area contributed by atoms with Gasteiger partial charge in [0.15, 0.2) is 5.75 Å². The van der Waals surface area contributed by atoms with Crippen molar-refractivity contribution in [3.8, 4) is 17.1 Å². The Labute approximate surface area is 201 Å². The quantitative estimate of drug-likeness (QED) is 0.305. The number of nitrogens with one attached hydrogen (secondary N) is 4. The molecule has 0 bridgehead atoms. The van der Waals surface area contributed by atoms with E-state index >= 15 is 0 Å². The Kier molecular flexibility index (Phi) is 5.81. The number of carbonyl (C=O) groups is 1. The van der Waals surface area contributed by atoms with Crippen LogP contribution in [0.15, 0.2) is 54.7 Å². The van der Waals surface area contributed by atoms with E-state index < -0.39 is 0 Å². The number of aromatic nitrogens is 3. The van der Waals surface area contributed by atoms with Gasteiger partial charge in [0.25, 0.3) is 5.91 Å². The summed E-state index contributed by atoms with van der Waals surface area (Å²) < 4.78 is 5.50. The molecule has 8 nitrogen and oxygen atoms in total. The van der Waals surface area contributed by atoms with Gasteiger partial charge in [0.1, 0.15) is 0 Å². The maximum atomic E-state index is 12.8. The molecule has 0 saturated heterocycles. The van der Waals surface area contributed by atoms with Crippen molar-refractivity contribution in [1.29, 1.82) is 0 Å². The normalized spacial score (nSPS) is 12.6. The van der Waals surface area contributed by atoms with Crippen molar-refractivity contribution in [3.05, 3.63) is 76.6 Å². The van der Waals surface area contributed by atoms with E-state index in [0.717, 1.165) is 16.9 Å². The van der Waals surface area contributed by atoms with Crippen LogP contribution in [0.5, 0.6) is 5.75 Å². The van der Waals surface area contributed by atoms with Crippen LogP contribution in [0.1, 0.15) is 21.6 Å². The number of halogens is 1. The Balaban J connectivity index is 1.59. The molecule has 4 N–H and O–H groups in total. The SMILES string of the molecule is COc1c(Cl)cccc1Nc1c(-c2ccnc(Nc3cccc(C)c3)n2)[nH]c2c1C(=O)NCC2. The zero-order valence-electron chi connectivity index (χ0n) is 18.7. The first-order valence-corrected chi connectivity index (χ1v) is 11.2. The lowest BCUT2D eigenvalue weighted by Crippen LogP contribution is -2.31. The molecule has 3 heterocycles. The van der Waals surface area contributed by atoms with E-state index in [1.165, 1.54) is 0 Å². The maximum Gasteiger partial charge on any atom is 0.255 e. The van der Waals surface area contributed by atoms with Crippen LogP contribution in [0.4, 0.5) is 23.0 Å². The van der Waals surface area contributed by atoms with E-state index in [0.29, 0.717) is 58.0 Å². The second-order valence-corrected chi connectivity index (χ2v) is 8.35. The van der Waals surface area contributed by atoms with E-state index in [1.54, 1.807) is 25.4 Å². The number of nitrogens with zero attached hydrogens (tertiary/aromatic N) is 2. The van der Waals surface area contributed by atoms with Gasteiger partial charge in [0, 0.05) is 30.5 Å². The molecule has 9 heteroatoms. The van der Waals surface area contributed by atoms with Crippen molar-refractivity contribution in [1.82, 2.24) is 20.3 Å². The summed E-state index contributed by atoms with van der Waals surface area (Å²) in [5.41, 5.74) is 5.98. The van der Waals surface area contributed by atoms with E-state index in [4.69, 9.17) is 21.3 Å². The highest BCUT2D eigenvalue weighted by atomic mass is 35.5. The first-order chi connectivity index (χ1) is 16.5. The van der Waals surface area contributed by atoms with Crippen molar-refractivity contribution in [2.24, 2.45) is 0 Å². The van der Waals surface area contributed by atoms with Crippen LogP contribution in [-0.2, 0) is 6.42 Å². The lowest BCUT2D eigenvalue weighted by Gasteiger charge is -2.17. The third-order valence-electron chi connectivity index (χ3n) is 5.58. The summed E-state index contributed by atoms with van der Waals surface area (Å²) in [5, 5.41) is 10.00. The molecule has 0 fully saturated rings. The second kappa shape index (κ2) is 9.07. The number of hydrogen-bond donors (Lipinski definition) is 4. The van der Waals surface area contributed by atoms with E-state index in [1.807, 2.05) is 43.3 Å². The second-order valence-electron chi connectivity index (χ2n) is 7.94. The minimum atomic E-state index is -0.153. The molecule has 2 aromatic heterocycles. The Morgan fingerprint density at radius 1 is 1.12 bits per heavy atom. The van der Waals surface area contributed by atoms with Crippen LogP contribution in [0.25, 0.3) is 11.4 Å². The smallest absolute Gasteiger partial charge is 0.255 e. The number of aryl methyl sites for hydroxylation is 1. The average Bonchev–Trinajstić information content (AvgIpc) is 3.19. The minimum absolute atomic E-state index is 0.153. The molecule has 0 radical (unpaired) electrons. The number of aromatic amines is 1. The van der Waals surface area contributed by atoms with Gasteiger partial charge in [-0.05, 0) is 42.8 Å². The van der Waals surface area contributed by atoms with E-state index in [-0.39, 0.29) is 5.91 Å². The van der Waals surface area contributed by atoms with Gasteiger partial charge in [-0.2, -0.15) is 0 Å². The fourth-order valence-corrected chi connectivity index (χ4v) is 4.31. The number of benzene rings is 2. The van der Waals surface area contributed by atoms with Gasteiger partial charge in [-0.15, -0.1) is 0 Å². The van der Waals surface area contributed by atoms with Crippen LogP contribution in [0, 0.1) is 6.92 Å². The highest BCUT2D eigenvalue weighted by Gasteiger charge is 2.28. The van der Waals surface area contributed by atoms with Crippen molar-refractivity contribution in [3.63, 3.8) is 0 Å². The minimum Gasteiger partial charge on any atom is -0.493 e. The monoisotopic (exact) mass is 474 g/mol. The summed E-state index contributed by atoms with van der Waals surface area (Å²) in [6.07, 6.45) is 2.37.